The standard InChI is InChI=1S/C6H8N2S4/c1-5(2)11-12-6(9-3-7)10-4-8/h5-6H,1-2H3. The van der Waals surface area contributed by atoms with Gasteiger partial charge in [-0.25, -0.2) is 0 Å². The van der Waals surface area contributed by atoms with Crippen molar-refractivity contribution in [3.63, 3.8) is 0 Å². The number of hydrogen-bond donors (Lipinski definition) is 0. The summed E-state index contributed by atoms with van der Waals surface area (Å²) in [5, 5.41) is 21.3. The number of hydrogen-bond acceptors (Lipinski definition) is 6. The summed E-state index contributed by atoms with van der Waals surface area (Å²) in [4.78, 5) is 0. The first kappa shape index (κ1) is 12.4. The lowest BCUT2D eigenvalue weighted by atomic mass is 10.6. The molecule has 0 aromatic rings. The van der Waals surface area contributed by atoms with Gasteiger partial charge >= 0.3 is 0 Å². The van der Waals surface area contributed by atoms with Crippen LogP contribution < -0.4 is 0 Å². The Bertz CT molecular complexity index is 177. The molecule has 0 unspecified atom stereocenters. The molecule has 0 rings (SSSR count). The van der Waals surface area contributed by atoms with Gasteiger partial charge in [0.15, 0.2) is 0 Å². The summed E-state index contributed by atoms with van der Waals surface area (Å²) in [5.74, 6) is 0. The second-order valence-corrected chi connectivity index (χ2v) is 7.58. The molecule has 0 atom stereocenters. The summed E-state index contributed by atoms with van der Waals surface area (Å²) in [5.41, 5.74) is 0. The molecule has 66 valence electrons. The van der Waals surface area contributed by atoms with E-state index in [9.17, 15) is 0 Å². The first-order chi connectivity index (χ1) is 5.70. The molecule has 0 N–H and O–H groups in total. The zero-order valence-electron chi connectivity index (χ0n) is 6.68. The van der Waals surface area contributed by atoms with Crippen molar-refractivity contribution in [1.82, 2.24) is 0 Å². The highest BCUT2D eigenvalue weighted by atomic mass is 33.1. The highest BCUT2D eigenvalue weighted by Crippen LogP contribution is 2.41. The van der Waals surface area contributed by atoms with Crippen LogP contribution in [-0.2, 0) is 0 Å². The van der Waals surface area contributed by atoms with E-state index >= 15 is 0 Å². The lowest BCUT2D eigenvalue weighted by molar-refractivity contribution is 1.12. The third-order valence-electron chi connectivity index (χ3n) is 0.624. The monoisotopic (exact) mass is 236 g/mol. The van der Waals surface area contributed by atoms with Crippen LogP contribution in [0.1, 0.15) is 13.8 Å². The van der Waals surface area contributed by atoms with E-state index in [2.05, 4.69) is 13.8 Å². The van der Waals surface area contributed by atoms with Crippen LogP contribution in [0.15, 0.2) is 0 Å². The molecule has 0 aromatic carbocycles. The van der Waals surface area contributed by atoms with Gasteiger partial charge in [0.1, 0.15) is 14.7 Å². The van der Waals surface area contributed by atoms with Crippen molar-refractivity contribution < 1.29 is 0 Å². The number of thiocyanates is 2. The van der Waals surface area contributed by atoms with Crippen molar-refractivity contribution >= 4 is 45.1 Å². The molecular formula is C6H8N2S4. The number of nitriles is 2. The molecule has 0 aliphatic carbocycles. The SMILES string of the molecule is CC(C)SSC(SC#N)SC#N. The molecule has 0 aromatic heterocycles. The minimum atomic E-state index is 0.00685. The Morgan fingerprint density at radius 1 is 1.00 bits per heavy atom. The number of thioether (sulfide) groups is 2. The highest BCUT2D eigenvalue weighted by molar-refractivity contribution is 8.80. The Balaban J connectivity index is 3.66. The molecule has 0 spiro atoms. The van der Waals surface area contributed by atoms with E-state index in [-0.39, 0.29) is 3.91 Å². The smallest absolute Gasteiger partial charge is 0.135 e. The van der Waals surface area contributed by atoms with Gasteiger partial charge in [0.25, 0.3) is 0 Å². The van der Waals surface area contributed by atoms with Crippen LogP contribution in [0, 0.1) is 21.3 Å². The van der Waals surface area contributed by atoms with Gasteiger partial charge in [-0.05, 0) is 23.5 Å². The maximum Gasteiger partial charge on any atom is 0.135 e. The quantitative estimate of drug-likeness (QED) is 0.414. The van der Waals surface area contributed by atoms with Crippen LogP contribution in [0.3, 0.4) is 0 Å². The van der Waals surface area contributed by atoms with E-state index in [0.29, 0.717) is 5.25 Å². The van der Waals surface area contributed by atoms with Gasteiger partial charge in [-0.3, -0.25) is 0 Å². The second-order valence-electron chi connectivity index (χ2n) is 1.95. The molecule has 0 aliphatic rings. The summed E-state index contributed by atoms with van der Waals surface area (Å²) < 4.78 is 0.00685. The van der Waals surface area contributed by atoms with E-state index < -0.39 is 0 Å². The minimum absolute atomic E-state index is 0.00685. The van der Waals surface area contributed by atoms with Gasteiger partial charge in [0.05, 0.1) is 0 Å². The minimum Gasteiger partial charge on any atom is -0.185 e. The molecule has 0 fully saturated rings. The van der Waals surface area contributed by atoms with Crippen molar-refractivity contribution in [2.75, 3.05) is 0 Å². The Labute approximate surface area is 89.2 Å². The average molecular weight is 236 g/mol. The van der Waals surface area contributed by atoms with Crippen LogP contribution in [0.4, 0.5) is 0 Å². The van der Waals surface area contributed by atoms with E-state index in [4.69, 9.17) is 10.5 Å². The summed E-state index contributed by atoms with van der Waals surface area (Å²) in [6.45, 7) is 4.17. The molecular weight excluding hydrogens is 228 g/mol. The largest absolute Gasteiger partial charge is 0.185 e. The Morgan fingerprint density at radius 3 is 1.83 bits per heavy atom. The van der Waals surface area contributed by atoms with Gasteiger partial charge in [-0.2, -0.15) is 10.5 Å². The summed E-state index contributed by atoms with van der Waals surface area (Å²) in [6.07, 6.45) is 0. The second kappa shape index (κ2) is 8.00. The normalized spacial score (nSPS) is 9.83. The van der Waals surface area contributed by atoms with Gasteiger partial charge < -0.3 is 0 Å². The predicted molar refractivity (Wildman–Crippen MR) is 60.5 cm³/mol. The zero-order chi connectivity index (χ0) is 9.40. The van der Waals surface area contributed by atoms with E-state index in [1.54, 1.807) is 21.6 Å². The number of rotatable bonds is 5. The summed E-state index contributed by atoms with van der Waals surface area (Å²) in [6, 6.07) is 0. The summed E-state index contributed by atoms with van der Waals surface area (Å²) >= 11 is 2.26. The van der Waals surface area contributed by atoms with E-state index in [1.165, 1.54) is 0 Å². The Kier molecular flexibility index (Phi) is 8.25. The van der Waals surface area contributed by atoms with Crippen molar-refractivity contribution in [3.8, 4) is 10.8 Å². The van der Waals surface area contributed by atoms with Crippen LogP contribution in [-0.4, -0.2) is 9.16 Å². The van der Waals surface area contributed by atoms with E-state index in [0.717, 1.165) is 23.5 Å². The van der Waals surface area contributed by atoms with Crippen LogP contribution in [0.25, 0.3) is 0 Å². The fourth-order valence-electron chi connectivity index (χ4n) is 0.306. The first-order valence-electron chi connectivity index (χ1n) is 3.12. The Hall–Kier alpha value is 0.380. The van der Waals surface area contributed by atoms with Crippen LogP contribution in [0.5, 0.6) is 0 Å². The third-order valence-corrected chi connectivity index (χ3v) is 6.40. The molecule has 0 saturated heterocycles. The molecule has 0 aliphatic heterocycles. The van der Waals surface area contributed by atoms with Crippen molar-refractivity contribution in [1.29, 1.82) is 10.5 Å². The van der Waals surface area contributed by atoms with Gasteiger partial charge in [0.2, 0.25) is 0 Å². The maximum absolute atomic E-state index is 8.40. The summed E-state index contributed by atoms with van der Waals surface area (Å²) in [7, 11) is 3.27. The molecule has 2 nitrogen and oxygen atoms in total. The van der Waals surface area contributed by atoms with Crippen LogP contribution in [0.2, 0.25) is 0 Å². The molecule has 0 heterocycles. The average Bonchev–Trinajstić information content (AvgIpc) is 2.01. The van der Waals surface area contributed by atoms with Crippen molar-refractivity contribution in [3.05, 3.63) is 0 Å². The zero-order valence-corrected chi connectivity index (χ0v) is 9.95. The first-order valence-corrected chi connectivity index (χ1v) is 7.16. The molecule has 12 heavy (non-hydrogen) atoms. The number of nitrogens with zero attached hydrogens (tertiary/aromatic N) is 2. The van der Waals surface area contributed by atoms with Crippen LogP contribution >= 0.6 is 45.1 Å². The molecule has 0 saturated carbocycles. The Morgan fingerprint density at radius 2 is 1.50 bits per heavy atom. The predicted octanol–water partition coefficient (Wildman–Crippen LogP) is 3.49. The molecule has 0 bridgehead atoms. The van der Waals surface area contributed by atoms with Crippen molar-refractivity contribution in [2.24, 2.45) is 0 Å². The van der Waals surface area contributed by atoms with Gasteiger partial charge in [-0.1, -0.05) is 35.4 Å². The van der Waals surface area contributed by atoms with E-state index in [1.807, 2.05) is 10.8 Å². The van der Waals surface area contributed by atoms with Gasteiger partial charge in [0, 0.05) is 5.25 Å². The maximum atomic E-state index is 8.40. The highest BCUT2D eigenvalue weighted by Gasteiger charge is 2.11. The molecule has 0 amide bonds. The molecule has 6 heteroatoms. The fraction of sp³-hybridized carbons (Fsp3) is 0.667. The third kappa shape index (κ3) is 7.05. The van der Waals surface area contributed by atoms with Crippen molar-refractivity contribution in [2.45, 2.75) is 23.0 Å². The lowest BCUT2D eigenvalue weighted by Crippen LogP contribution is -1.87. The lowest BCUT2D eigenvalue weighted by Gasteiger charge is -2.07. The fourth-order valence-corrected chi connectivity index (χ4v) is 4.28. The topological polar surface area (TPSA) is 47.6 Å². The van der Waals surface area contributed by atoms with Gasteiger partial charge in [-0.15, -0.1) is 0 Å². The molecule has 0 radical (unpaired) electrons.